The van der Waals surface area contributed by atoms with E-state index in [0.29, 0.717) is 17.1 Å². The molecule has 0 aliphatic heterocycles. The summed E-state index contributed by atoms with van der Waals surface area (Å²) in [4.78, 5) is 11.8. The highest BCUT2D eigenvalue weighted by Crippen LogP contribution is 2.21. The molecular formula is C16H16N2O3. The Labute approximate surface area is 123 Å². The van der Waals surface area contributed by atoms with Crippen LogP contribution in [0.15, 0.2) is 53.6 Å². The third-order valence-electron chi connectivity index (χ3n) is 2.79. The van der Waals surface area contributed by atoms with Crippen LogP contribution in [0.3, 0.4) is 0 Å². The van der Waals surface area contributed by atoms with Crippen molar-refractivity contribution < 1.29 is 14.3 Å². The highest BCUT2D eigenvalue weighted by molar-refractivity contribution is 5.94. The fourth-order valence-corrected chi connectivity index (χ4v) is 1.72. The van der Waals surface area contributed by atoms with E-state index in [-0.39, 0.29) is 5.91 Å². The van der Waals surface area contributed by atoms with Crippen LogP contribution in [0.25, 0.3) is 0 Å². The number of amides is 1. The van der Waals surface area contributed by atoms with E-state index in [9.17, 15) is 4.79 Å². The molecule has 2 aromatic carbocycles. The third kappa shape index (κ3) is 4.07. The molecule has 0 fully saturated rings. The maximum atomic E-state index is 11.8. The largest absolute Gasteiger partial charge is 0.497 e. The number of benzene rings is 2. The number of carbonyl (C=O) groups excluding carboxylic acids is 1. The molecule has 0 heterocycles. The summed E-state index contributed by atoms with van der Waals surface area (Å²) in [5.74, 6) is 1.05. The lowest BCUT2D eigenvalue weighted by molar-refractivity contribution is 0.0955. The lowest BCUT2D eigenvalue weighted by Crippen LogP contribution is -2.17. The van der Waals surface area contributed by atoms with Gasteiger partial charge in [-0.15, -0.1) is 0 Å². The molecule has 0 atom stereocenters. The fraction of sp³-hybridized carbons (Fsp3) is 0.125. The molecule has 0 unspecified atom stereocenters. The van der Waals surface area contributed by atoms with Gasteiger partial charge in [-0.1, -0.05) is 18.2 Å². The van der Waals surface area contributed by atoms with Crippen molar-refractivity contribution in [3.63, 3.8) is 0 Å². The lowest BCUT2D eigenvalue weighted by atomic mass is 10.2. The van der Waals surface area contributed by atoms with Crippen molar-refractivity contribution in [2.75, 3.05) is 14.2 Å². The minimum atomic E-state index is -0.262. The van der Waals surface area contributed by atoms with Crippen LogP contribution in [0, 0.1) is 0 Å². The first-order chi connectivity index (χ1) is 10.2. The van der Waals surface area contributed by atoms with E-state index >= 15 is 0 Å². The van der Waals surface area contributed by atoms with Crippen molar-refractivity contribution in [3.05, 3.63) is 59.7 Å². The lowest BCUT2D eigenvalue weighted by Gasteiger charge is -2.05. The van der Waals surface area contributed by atoms with Crippen molar-refractivity contribution >= 4 is 12.1 Å². The summed E-state index contributed by atoms with van der Waals surface area (Å²) >= 11 is 0. The number of nitrogens with zero attached hydrogens (tertiary/aromatic N) is 1. The van der Waals surface area contributed by atoms with Crippen LogP contribution in [0.5, 0.6) is 11.5 Å². The van der Waals surface area contributed by atoms with E-state index in [1.165, 1.54) is 6.21 Å². The molecule has 5 heteroatoms. The first-order valence-electron chi connectivity index (χ1n) is 6.34. The van der Waals surface area contributed by atoms with Gasteiger partial charge in [-0.3, -0.25) is 4.79 Å². The first kappa shape index (κ1) is 14.6. The van der Waals surface area contributed by atoms with Gasteiger partial charge in [-0.2, -0.15) is 5.10 Å². The maximum absolute atomic E-state index is 11.8. The van der Waals surface area contributed by atoms with E-state index in [0.717, 1.165) is 5.56 Å². The number of hydrogen-bond donors (Lipinski definition) is 1. The van der Waals surface area contributed by atoms with E-state index < -0.39 is 0 Å². The number of methoxy groups -OCH3 is 2. The Balaban J connectivity index is 2.06. The minimum Gasteiger partial charge on any atom is -0.497 e. The van der Waals surface area contributed by atoms with E-state index in [2.05, 4.69) is 10.5 Å². The van der Waals surface area contributed by atoms with Gasteiger partial charge in [0.25, 0.3) is 5.91 Å². The summed E-state index contributed by atoms with van der Waals surface area (Å²) in [5, 5.41) is 3.93. The Bertz CT molecular complexity index is 617. The highest BCUT2D eigenvalue weighted by Gasteiger charge is 2.02. The molecule has 0 aliphatic carbocycles. The van der Waals surface area contributed by atoms with E-state index in [1.807, 2.05) is 6.07 Å². The molecule has 1 N–H and O–H groups in total. The van der Waals surface area contributed by atoms with Crippen LogP contribution in [0.2, 0.25) is 0 Å². The third-order valence-corrected chi connectivity index (χ3v) is 2.79. The van der Waals surface area contributed by atoms with E-state index in [4.69, 9.17) is 9.47 Å². The van der Waals surface area contributed by atoms with Crippen molar-refractivity contribution in [1.29, 1.82) is 0 Å². The van der Waals surface area contributed by atoms with Crippen molar-refractivity contribution in [1.82, 2.24) is 5.43 Å². The minimum absolute atomic E-state index is 0.262. The summed E-state index contributed by atoms with van der Waals surface area (Å²) in [5.41, 5.74) is 3.79. The fourth-order valence-electron chi connectivity index (χ4n) is 1.72. The van der Waals surface area contributed by atoms with Gasteiger partial charge >= 0.3 is 0 Å². The normalized spacial score (nSPS) is 10.4. The molecule has 0 radical (unpaired) electrons. The Kier molecular flexibility index (Phi) is 4.93. The molecule has 1 amide bonds. The monoisotopic (exact) mass is 284 g/mol. The van der Waals surface area contributed by atoms with Crippen LogP contribution in [0.1, 0.15) is 15.9 Å². The van der Waals surface area contributed by atoms with Gasteiger partial charge < -0.3 is 9.47 Å². The smallest absolute Gasteiger partial charge is 0.271 e. The number of ether oxygens (including phenoxy) is 2. The molecule has 0 saturated carbocycles. The summed E-state index contributed by atoms with van der Waals surface area (Å²) in [7, 11) is 3.15. The van der Waals surface area contributed by atoms with Crippen LogP contribution in [-0.4, -0.2) is 26.3 Å². The maximum Gasteiger partial charge on any atom is 0.271 e. The summed E-state index contributed by atoms with van der Waals surface area (Å²) in [6.45, 7) is 0. The van der Waals surface area contributed by atoms with Crippen LogP contribution < -0.4 is 14.9 Å². The van der Waals surface area contributed by atoms with Crippen molar-refractivity contribution in [2.24, 2.45) is 5.10 Å². The first-order valence-corrected chi connectivity index (χ1v) is 6.34. The van der Waals surface area contributed by atoms with Gasteiger partial charge in [-0.05, 0) is 24.3 Å². The van der Waals surface area contributed by atoms with Crippen LogP contribution in [0.4, 0.5) is 0 Å². The van der Waals surface area contributed by atoms with Crippen LogP contribution in [-0.2, 0) is 0 Å². The number of hydrogen-bond acceptors (Lipinski definition) is 4. The summed E-state index contributed by atoms with van der Waals surface area (Å²) < 4.78 is 10.3. The molecule has 0 saturated heterocycles. The van der Waals surface area contributed by atoms with Crippen molar-refractivity contribution in [3.8, 4) is 11.5 Å². The second-order valence-corrected chi connectivity index (χ2v) is 4.21. The van der Waals surface area contributed by atoms with Gasteiger partial charge in [0.05, 0.1) is 20.4 Å². The molecule has 2 rings (SSSR count). The Morgan fingerprint density at radius 1 is 1.05 bits per heavy atom. The van der Waals surface area contributed by atoms with Gasteiger partial charge in [0.15, 0.2) is 0 Å². The molecular weight excluding hydrogens is 268 g/mol. The topological polar surface area (TPSA) is 59.9 Å². The molecule has 5 nitrogen and oxygen atoms in total. The van der Waals surface area contributed by atoms with Gasteiger partial charge in [0.1, 0.15) is 11.5 Å². The SMILES string of the molecule is COc1cc(/C=N\NC(=O)c2ccccc2)cc(OC)c1. The number of rotatable bonds is 5. The number of hydrazone groups is 1. The Morgan fingerprint density at radius 3 is 2.24 bits per heavy atom. The standard InChI is InChI=1S/C16H16N2O3/c1-20-14-8-12(9-15(10-14)21-2)11-17-18-16(19)13-6-4-3-5-7-13/h3-11H,1-2H3,(H,18,19)/b17-11-. The summed E-state index contributed by atoms with van der Waals surface area (Å²) in [6.07, 6.45) is 1.53. The second-order valence-electron chi connectivity index (χ2n) is 4.21. The van der Waals surface area contributed by atoms with E-state index in [1.54, 1.807) is 56.7 Å². The molecule has 108 valence electrons. The van der Waals surface area contributed by atoms with Crippen LogP contribution >= 0.6 is 0 Å². The molecule has 0 aromatic heterocycles. The molecule has 0 bridgehead atoms. The number of nitrogens with one attached hydrogen (secondary N) is 1. The Hall–Kier alpha value is -2.82. The molecule has 2 aromatic rings. The zero-order valence-corrected chi connectivity index (χ0v) is 11.9. The average Bonchev–Trinajstić information content (AvgIpc) is 2.55. The zero-order chi connectivity index (χ0) is 15.1. The number of carbonyl (C=O) groups is 1. The van der Waals surface area contributed by atoms with Gasteiger partial charge in [0.2, 0.25) is 0 Å². The zero-order valence-electron chi connectivity index (χ0n) is 11.9. The van der Waals surface area contributed by atoms with Gasteiger partial charge in [0, 0.05) is 17.2 Å². The van der Waals surface area contributed by atoms with Gasteiger partial charge in [-0.25, -0.2) is 5.43 Å². The quantitative estimate of drug-likeness (QED) is 0.677. The average molecular weight is 284 g/mol. The Morgan fingerprint density at radius 2 is 1.67 bits per heavy atom. The summed E-state index contributed by atoms with van der Waals surface area (Å²) in [6, 6.07) is 14.2. The second kappa shape index (κ2) is 7.09. The highest BCUT2D eigenvalue weighted by atomic mass is 16.5. The molecule has 0 spiro atoms. The predicted octanol–water partition coefficient (Wildman–Crippen LogP) is 2.47. The molecule has 21 heavy (non-hydrogen) atoms. The van der Waals surface area contributed by atoms with Crippen molar-refractivity contribution in [2.45, 2.75) is 0 Å². The predicted molar refractivity (Wildman–Crippen MR) is 81.0 cm³/mol. The molecule has 0 aliphatic rings.